The van der Waals surface area contributed by atoms with Crippen molar-refractivity contribution in [1.29, 1.82) is 0 Å². The molecule has 1 saturated carbocycles. The van der Waals surface area contributed by atoms with Gasteiger partial charge in [0.25, 0.3) is 0 Å². The molecule has 1 fully saturated rings. The molecule has 94 valence electrons. The maximum atomic E-state index is 5.95. The molecule has 0 aromatic heterocycles. The Bertz CT molecular complexity index is 212. The van der Waals surface area contributed by atoms with E-state index in [9.17, 15) is 0 Å². The predicted molar refractivity (Wildman–Crippen MR) is 67.6 cm³/mol. The molecule has 1 rings (SSSR count). The van der Waals surface area contributed by atoms with Gasteiger partial charge in [-0.25, -0.2) is 4.99 Å². The molecule has 0 saturated heterocycles. The molecule has 0 amide bonds. The molecule has 0 unspecified atom stereocenters. The molecule has 16 heavy (non-hydrogen) atoms. The summed E-state index contributed by atoms with van der Waals surface area (Å²) in [5.41, 5.74) is 5.95. The molecule has 0 bridgehead atoms. The number of rotatable bonds is 5. The highest BCUT2D eigenvalue weighted by Gasteiger charge is 2.13. The number of nitrogens with zero attached hydrogens (tertiary/aromatic N) is 2. The van der Waals surface area contributed by atoms with Crippen LogP contribution in [-0.2, 0) is 4.74 Å². The molecule has 0 aromatic rings. The van der Waals surface area contributed by atoms with Crippen LogP contribution in [0.2, 0.25) is 0 Å². The van der Waals surface area contributed by atoms with Crippen LogP contribution in [0.3, 0.4) is 0 Å². The third-order valence-electron chi connectivity index (χ3n) is 3.06. The quantitative estimate of drug-likeness (QED) is 0.441. The summed E-state index contributed by atoms with van der Waals surface area (Å²) in [6, 6.07) is 0.447. The minimum atomic E-state index is 0.447. The zero-order chi connectivity index (χ0) is 11.8. The Labute approximate surface area is 98.9 Å². The zero-order valence-corrected chi connectivity index (χ0v) is 10.6. The summed E-state index contributed by atoms with van der Waals surface area (Å²) >= 11 is 0. The maximum Gasteiger partial charge on any atom is 0.191 e. The molecule has 1 aliphatic carbocycles. The van der Waals surface area contributed by atoms with Crippen molar-refractivity contribution in [1.82, 2.24) is 4.90 Å². The Hall–Kier alpha value is -0.770. The van der Waals surface area contributed by atoms with Gasteiger partial charge in [0.05, 0.1) is 12.6 Å². The Morgan fingerprint density at radius 2 is 2.06 bits per heavy atom. The average molecular weight is 227 g/mol. The molecule has 4 nitrogen and oxygen atoms in total. The van der Waals surface area contributed by atoms with E-state index in [0.29, 0.717) is 18.6 Å². The molecule has 0 aromatic carbocycles. The lowest BCUT2D eigenvalue weighted by Gasteiger charge is -2.22. The van der Waals surface area contributed by atoms with E-state index < -0.39 is 0 Å². The summed E-state index contributed by atoms with van der Waals surface area (Å²) in [6.07, 6.45) is 6.33. The third kappa shape index (κ3) is 4.84. The lowest BCUT2D eigenvalue weighted by molar-refractivity contribution is 0.136. The summed E-state index contributed by atoms with van der Waals surface area (Å²) in [4.78, 5) is 6.56. The molecule has 0 spiro atoms. The molecule has 1 aliphatic rings. The number of guanidine groups is 1. The normalized spacial score (nSPS) is 18.8. The van der Waals surface area contributed by atoms with E-state index in [2.05, 4.69) is 4.99 Å². The van der Waals surface area contributed by atoms with Crippen molar-refractivity contribution in [3.8, 4) is 0 Å². The number of hydrogen-bond donors (Lipinski definition) is 1. The van der Waals surface area contributed by atoms with Crippen LogP contribution in [-0.4, -0.2) is 43.7 Å². The van der Waals surface area contributed by atoms with Gasteiger partial charge in [-0.15, -0.1) is 0 Å². The fraction of sp³-hybridized carbons (Fsp3) is 0.917. The van der Waals surface area contributed by atoms with Gasteiger partial charge in [0, 0.05) is 20.2 Å². The van der Waals surface area contributed by atoms with Crippen molar-refractivity contribution in [2.45, 2.75) is 45.1 Å². The van der Waals surface area contributed by atoms with Crippen molar-refractivity contribution in [2.75, 3.05) is 26.8 Å². The topological polar surface area (TPSA) is 50.9 Å². The van der Waals surface area contributed by atoms with E-state index in [-0.39, 0.29) is 0 Å². The van der Waals surface area contributed by atoms with Crippen LogP contribution in [0.5, 0.6) is 0 Å². The van der Waals surface area contributed by atoms with Crippen molar-refractivity contribution in [3.63, 3.8) is 0 Å². The Morgan fingerprint density at radius 1 is 1.38 bits per heavy atom. The van der Waals surface area contributed by atoms with Gasteiger partial charge in [-0.2, -0.15) is 0 Å². The number of hydrogen-bond acceptors (Lipinski definition) is 2. The minimum Gasteiger partial charge on any atom is -0.380 e. The number of ether oxygens (including phenoxy) is 1. The van der Waals surface area contributed by atoms with Gasteiger partial charge >= 0.3 is 0 Å². The van der Waals surface area contributed by atoms with Crippen LogP contribution in [0.25, 0.3) is 0 Å². The van der Waals surface area contributed by atoms with Crippen LogP contribution in [0.15, 0.2) is 4.99 Å². The van der Waals surface area contributed by atoms with Crippen LogP contribution in [0, 0.1) is 0 Å². The lowest BCUT2D eigenvalue weighted by Crippen LogP contribution is -2.37. The number of nitrogens with two attached hydrogens (primary N) is 1. The molecule has 0 atom stereocenters. The predicted octanol–water partition coefficient (Wildman–Crippen LogP) is 1.60. The molecule has 0 aliphatic heterocycles. The van der Waals surface area contributed by atoms with E-state index in [1.165, 1.54) is 32.1 Å². The fourth-order valence-corrected chi connectivity index (χ4v) is 1.96. The maximum absolute atomic E-state index is 5.95. The van der Waals surface area contributed by atoms with Crippen LogP contribution in [0.1, 0.15) is 39.0 Å². The lowest BCUT2D eigenvalue weighted by atomic mass is 9.96. The van der Waals surface area contributed by atoms with Crippen molar-refractivity contribution in [2.24, 2.45) is 10.7 Å². The molecule has 4 heteroatoms. The van der Waals surface area contributed by atoms with Crippen LogP contribution >= 0.6 is 0 Å². The van der Waals surface area contributed by atoms with E-state index in [1.807, 2.05) is 18.9 Å². The second-order valence-corrected chi connectivity index (χ2v) is 4.40. The van der Waals surface area contributed by atoms with Crippen molar-refractivity contribution < 1.29 is 4.74 Å². The Morgan fingerprint density at radius 3 is 2.69 bits per heavy atom. The standard InChI is InChI=1S/C12H25N3O/c1-3-16-10-9-15(2)12(13)14-11-7-5-4-6-8-11/h11H,3-10H2,1-2H3,(H2,13,14). The summed E-state index contributed by atoms with van der Waals surface area (Å²) in [6.45, 7) is 4.29. The second kappa shape index (κ2) is 7.49. The smallest absolute Gasteiger partial charge is 0.191 e. The first kappa shape index (κ1) is 13.3. The highest BCUT2D eigenvalue weighted by molar-refractivity contribution is 5.77. The van der Waals surface area contributed by atoms with E-state index >= 15 is 0 Å². The van der Waals surface area contributed by atoms with Gasteiger partial charge in [-0.05, 0) is 19.8 Å². The van der Waals surface area contributed by atoms with Gasteiger partial charge < -0.3 is 15.4 Å². The third-order valence-corrected chi connectivity index (χ3v) is 3.06. The largest absolute Gasteiger partial charge is 0.380 e. The number of aliphatic imine (C=N–C) groups is 1. The highest BCUT2D eigenvalue weighted by atomic mass is 16.5. The molecular formula is C12H25N3O. The minimum absolute atomic E-state index is 0.447. The average Bonchev–Trinajstić information content (AvgIpc) is 2.30. The summed E-state index contributed by atoms with van der Waals surface area (Å²) in [7, 11) is 1.97. The molecule has 0 radical (unpaired) electrons. The summed E-state index contributed by atoms with van der Waals surface area (Å²) in [5, 5.41) is 0. The van der Waals surface area contributed by atoms with E-state index in [1.54, 1.807) is 0 Å². The molecule has 0 heterocycles. The number of likely N-dealkylation sites (N-methyl/N-ethyl adjacent to an activating group) is 1. The first-order chi connectivity index (χ1) is 7.74. The first-order valence-corrected chi connectivity index (χ1v) is 6.36. The first-order valence-electron chi connectivity index (χ1n) is 6.36. The van der Waals surface area contributed by atoms with Gasteiger partial charge in [-0.3, -0.25) is 0 Å². The van der Waals surface area contributed by atoms with Gasteiger partial charge in [0.15, 0.2) is 5.96 Å². The van der Waals surface area contributed by atoms with Crippen LogP contribution in [0.4, 0.5) is 0 Å². The fourth-order valence-electron chi connectivity index (χ4n) is 1.96. The van der Waals surface area contributed by atoms with Gasteiger partial charge in [0.1, 0.15) is 0 Å². The monoisotopic (exact) mass is 227 g/mol. The zero-order valence-electron chi connectivity index (χ0n) is 10.6. The Balaban J connectivity index is 2.29. The van der Waals surface area contributed by atoms with Gasteiger partial charge in [0.2, 0.25) is 0 Å². The summed E-state index contributed by atoms with van der Waals surface area (Å²) in [5.74, 6) is 0.659. The van der Waals surface area contributed by atoms with Crippen LogP contribution < -0.4 is 5.73 Å². The Kier molecular flexibility index (Phi) is 6.23. The van der Waals surface area contributed by atoms with E-state index in [4.69, 9.17) is 10.5 Å². The molecular weight excluding hydrogens is 202 g/mol. The van der Waals surface area contributed by atoms with Gasteiger partial charge in [-0.1, -0.05) is 19.3 Å². The second-order valence-electron chi connectivity index (χ2n) is 4.40. The van der Waals surface area contributed by atoms with E-state index in [0.717, 1.165) is 13.2 Å². The SMILES string of the molecule is CCOCCN(C)C(N)=NC1CCCCC1. The van der Waals surface area contributed by atoms with Crippen molar-refractivity contribution in [3.05, 3.63) is 0 Å². The van der Waals surface area contributed by atoms with Crippen molar-refractivity contribution >= 4 is 5.96 Å². The molecule has 2 N–H and O–H groups in total. The highest BCUT2D eigenvalue weighted by Crippen LogP contribution is 2.20. The summed E-state index contributed by atoms with van der Waals surface area (Å²) < 4.78 is 5.29.